The molecule has 0 N–H and O–H groups in total. The minimum absolute atomic E-state index is 0.0688. The van der Waals surface area contributed by atoms with Gasteiger partial charge in [-0.2, -0.15) is 0 Å². The maximum absolute atomic E-state index is 12.9. The SMILES string of the molecule is COC(=O)[C@H](CC(C)C)N(C)C(=O)C1CCCN(C(=O)C(C)(C)C)C1. The van der Waals surface area contributed by atoms with Crippen molar-refractivity contribution in [2.45, 2.75) is 59.9 Å². The highest BCUT2D eigenvalue weighted by molar-refractivity contribution is 5.87. The van der Waals surface area contributed by atoms with Gasteiger partial charge < -0.3 is 14.5 Å². The molecule has 0 spiro atoms. The highest BCUT2D eigenvalue weighted by Gasteiger charge is 2.37. The number of piperidine rings is 1. The van der Waals surface area contributed by atoms with Crippen LogP contribution in [0.5, 0.6) is 0 Å². The molecule has 1 saturated heterocycles. The van der Waals surface area contributed by atoms with E-state index in [1.54, 1.807) is 11.9 Å². The molecule has 2 atom stereocenters. The first-order valence-electron chi connectivity index (χ1n) is 9.12. The third-order valence-electron chi connectivity index (χ3n) is 4.68. The zero-order valence-corrected chi connectivity index (χ0v) is 16.8. The van der Waals surface area contributed by atoms with Crippen molar-refractivity contribution in [1.29, 1.82) is 0 Å². The van der Waals surface area contributed by atoms with Crippen LogP contribution in [-0.4, -0.2) is 60.9 Å². The molecule has 1 heterocycles. The monoisotopic (exact) mass is 354 g/mol. The normalized spacial score (nSPS) is 19.5. The fourth-order valence-electron chi connectivity index (χ4n) is 3.27. The van der Waals surface area contributed by atoms with Gasteiger partial charge in [-0.1, -0.05) is 34.6 Å². The molecule has 0 bridgehead atoms. The molecule has 1 fully saturated rings. The Kier molecular flexibility index (Phi) is 7.44. The van der Waals surface area contributed by atoms with Crippen LogP contribution >= 0.6 is 0 Å². The van der Waals surface area contributed by atoms with Crippen LogP contribution in [0.4, 0.5) is 0 Å². The standard InChI is InChI=1S/C19H34N2O4/c1-13(2)11-15(17(23)25-7)20(6)16(22)14-9-8-10-21(12-14)18(24)19(3,4)5/h13-15H,8-12H2,1-7H3/t14?,15-/m0/s1. The largest absolute Gasteiger partial charge is 0.467 e. The molecule has 0 radical (unpaired) electrons. The predicted molar refractivity (Wildman–Crippen MR) is 96.8 cm³/mol. The summed E-state index contributed by atoms with van der Waals surface area (Å²) in [5.74, 6) is -0.390. The number of carbonyl (C=O) groups is 3. The topological polar surface area (TPSA) is 66.9 Å². The van der Waals surface area contributed by atoms with E-state index in [-0.39, 0.29) is 29.6 Å². The second kappa shape index (κ2) is 8.68. The summed E-state index contributed by atoms with van der Waals surface area (Å²) in [4.78, 5) is 40.9. The number of rotatable bonds is 5. The lowest BCUT2D eigenvalue weighted by atomic mass is 9.90. The van der Waals surface area contributed by atoms with E-state index >= 15 is 0 Å². The summed E-state index contributed by atoms with van der Waals surface area (Å²) in [6, 6.07) is -0.578. The summed E-state index contributed by atoms with van der Waals surface area (Å²) in [5, 5.41) is 0. The van der Waals surface area contributed by atoms with Crippen LogP contribution in [0.25, 0.3) is 0 Å². The number of amides is 2. The molecule has 1 aliphatic heterocycles. The summed E-state index contributed by atoms with van der Waals surface area (Å²) in [7, 11) is 3.01. The lowest BCUT2D eigenvalue weighted by Crippen LogP contribution is -2.52. The minimum atomic E-state index is -0.578. The van der Waals surface area contributed by atoms with Gasteiger partial charge in [-0.05, 0) is 25.2 Å². The van der Waals surface area contributed by atoms with Gasteiger partial charge in [0.05, 0.1) is 13.0 Å². The second-order valence-corrected chi connectivity index (χ2v) is 8.46. The average Bonchev–Trinajstić information content (AvgIpc) is 2.56. The van der Waals surface area contributed by atoms with Gasteiger partial charge in [0.1, 0.15) is 6.04 Å². The molecule has 6 heteroatoms. The maximum atomic E-state index is 12.9. The first-order chi connectivity index (χ1) is 11.5. The van der Waals surface area contributed by atoms with Crippen molar-refractivity contribution in [1.82, 2.24) is 9.80 Å². The van der Waals surface area contributed by atoms with Crippen molar-refractivity contribution in [2.75, 3.05) is 27.2 Å². The zero-order valence-electron chi connectivity index (χ0n) is 16.8. The molecule has 0 aromatic rings. The highest BCUT2D eigenvalue weighted by Crippen LogP contribution is 2.25. The molecule has 0 saturated carbocycles. The predicted octanol–water partition coefficient (Wildman–Crippen LogP) is 2.32. The van der Waals surface area contributed by atoms with E-state index in [9.17, 15) is 14.4 Å². The molecule has 2 amide bonds. The van der Waals surface area contributed by atoms with E-state index in [0.29, 0.717) is 19.5 Å². The first kappa shape index (κ1) is 21.5. The van der Waals surface area contributed by atoms with Crippen molar-refractivity contribution in [3.63, 3.8) is 0 Å². The Bertz CT molecular complexity index is 496. The summed E-state index contributed by atoms with van der Waals surface area (Å²) < 4.78 is 4.88. The molecule has 0 aromatic heterocycles. The van der Waals surface area contributed by atoms with Crippen molar-refractivity contribution >= 4 is 17.8 Å². The summed E-state index contributed by atoms with van der Waals surface area (Å²) in [6.45, 7) is 10.8. The third-order valence-corrected chi connectivity index (χ3v) is 4.68. The minimum Gasteiger partial charge on any atom is -0.467 e. The lowest BCUT2D eigenvalue weighted by molar-refractivity contribution is -0.155. The number of esters is 1. The molecule has 25 heavy (non-hydrogen) atoms. The number of hydrogen-bond acceptors (Lipinski definition) is 4. The average molecular weight is 354 g/mol. The van der Waals surface area contributed by atoms with Crippen LogP contribution in [0, 0.1) is 17.3 Å². The summed E-state index contributed by atoms with van der Waals surface area (Å²) >= 11 is 0. The lowest BCUT2D eigenvalue weighted by Gasteiger charge is -2.38. The molecule has 6 nitrogen and oxygen atoms in total. The van der Waals surface area contributed by atoms with E-state index in [0.717, 1.165) is 12.8 Å². The Labute approximate surface area is 151 Å². The number of likely N-dealkylation sites (tertiary alicyclic amines) is 1. The Morgan fingerprint density at radius 1 is 1.24 bits per heavy atom. The molecule has 1 unspecified atom stereocenters. The molecular weight excluding hydrogens is 320 g/mol. The Balaban J connectivity index is 2.85. The summed E-state index contributed by atoms with van der Waals surface area (Å²) in [6.07, 6.45) is 2.11. The van der Waals surface area contributed by atoms with Crippen LogP contribution in [0.15, 0.2) is 0 Å². The molecule has 144 valence electrons. The zero-order chi connectivity index (χ0) is 19.4. The summed E-state index contributed by atoms with van der Waals surface area (Å²) in [5.41, 5.74) is -0.455. The smallest absolute Gasteiger partial charge is 0.328 e. The fraction of sp³-hybridized carbons (Fsp3) is 0.842. The Morgan fingerprint density at radius 3 is 2.32 bits per heavy atom. The van der Waals surface area contributed by atoms with Crippen molar-refractivity contribution in [3.05, 3.63) is 0 Å². The maximum Gasteiger partial charge on any atom is 0.328 e. The molecular formula is C19H34N2O4. The van der Waals surface area contributed by atoms with E-state index < -0.39 is 11.5 Å². The van der Waals surface area contributed by atoms with Crippen LogP contribution in [0.3, 0.4) is 0 Å². The third kappa shape index (κ3) is 5.72. The van der Waals surface area contributed by atoms with Crippen LogP contribution in [0.1, 0.15) is 53.9 Å². The second-order valence-electron chi connectivity index (χ2n) is 8.46. The quantitative estimate of drug-likeness (QED) is 0.711. The number of methoxy groups -OCH3 is 1. The van der Waals surface area contributed by atoms with Gasteiger partial charge in [-0.25, -0.2) is 4.79 Å². The van der Waals surface area contributed by atoms with E-state index in [1.165, 1.54) is 12.0 Å². The highest BCUT2D eigenvalue weighted by atomic mass is 16.5. The number of carbonyl (C=O) groups excluding carboxylic acids is 3. The van der Waals surface area contributed by atoms with E-state index in [2.05, 4.69) is 0 Å². The fourth-order valence-corrected chi connectivity index (χ4v) is 3.27. The van der Waals surface area contributed by atoms with Crippen molar-refractivity contribution in [3.8, 4) is 0 Å². The van der Waals surface area contributed by atoms with E-state index in [4.69, 9.17) is 4.74 Å². The first-order valence-corrected chi connectivity index (χ1v) is 9.12. The van der Waals surface area contributed by atoms with Gasteiger partial charge in [0.2, 0.25) is 11.8 Å². The number of ether oxygens (including phenoxy) is 1. The molecule has 0 aromatic carbocycles. The van der Waals surface area contributed by atoms with Gasteiger partial charge >= 0.3 is 5.97 Å². The van der Waals surface area contributed by atoms with E-state index in [1.807, 2.05) is 34.6 Å². The Hall–Kier alpha value is -1.59. The number of likely N-dealkylation sites (N-methyl/N-ethyl adjacent to an activating group) is 1. The molecule has 1 aliphatic rings. The number of hydrogen-bond donors (Lipinski definition) is 0. The van der Waals surface area contributed by atoms with Gasteiger partial charge in [0, 0.05) is 25.6 Å². The Morgan fingerprint density at radius 2 is 1.84 bits per heavy atom. The van der Waals surface area contributed by atoms with Gasteiger partial charge in [-0.3, -0.25) is 9.59 Å². The molecule has 0 aliphatic carbocycles. The number of nitrogens with zero attached hydrogens (tertiary/aromatic N) is 2. The van der Waals surface area contributed by atoms with Gasteiger partial charge in [0.25, 0.3) is 0 Å². The van der Waals surface area contributed by atoms with Crippen molar-refractivity contribution in [2.24, 2.45) is 17.3 Å². The van der Waals surface area contributed by atoms with Gasteiger partial charge in [-0.15, -0.1) is 0 Å². The van der Waals surface area contributed by atoms with Crippen LogP contribution < -0.4 is 0 Å². The van der Waals surface area contributed by atoms with Crippen LogP contribution in [-0.2, 0) is 19.1 Å². The van der Waals surface area contributed by atoms with Crippen molar-refractivity contribution < 1.29 is 19.1 Å². The molecule has 1 rings (SSSR count). The van der Waals surface area contributed by atoms with Gasteiger partial charge in [0.15, 0.2) is 0 Å². The van der Waals surface area contributed by atoms with Crippen LogP contribution in [0.2, 0.25) is 0 Å².